The number of piperidine rings is 1. The summed E-state index contributed by atoms with van der Waals surface area (Å²) in [6.45, 7) is 4.91. The molecule has 25 heavy (non-hydrogen) atoms. The number of thioether (sulfide) groups is 1. The lowest BCUT2D eigenvalue weighted by Gasteiger charge is -2.37. The molecule has 0 aromatic carbocycles. The van der Waals surface area contributed by atoms with Gasteiger partial charge in [0.25, 0.3) is 0 Å². The zero-order valence-corrected chi connectivity index (χ0v) is 15.5. The molecule has 0 saturated carbocycles. The van der Waals surface area contributed by atoms with Gasteiger partial charge < -0.3 is 9.64 Å². The van der Waals surface area contributed by atoms with Crippen molar-refractivity contribution in [1.82, 2.24) is 14.8 Å². The molecule has 136 valence electrons. The number of nitrogens with zero attached hydrogens (tertiary/aromatic N) is 3. The molecule has 4 aliphatic rings. The van der Waals surface area contributed by atoms with E-state index in [0.717, 1.165) is 57.1 Å². The smallest absolute Gasteiger partial charge is 0.233 e. The molecule has 5 heterocycles. The molecule has 1 aromatic heterocycles. The first-order valence-electron chi connectivity index (χ1n) is 9.44. The monoisotopic (exact) mass is 361 g/mol. The standard InChI is InChI=1S/C19H27N3O2S/c23-19(14-25-18-3-1-2-8-20-18)22-12-15-4-5-17(22)13-21(11-15)16-6-9-24-10-7-16/h1-3,8,15-17H,4-7,9-14H2/t15-,17+/m1/s1. The third kappa shape index (κ3) is 4.18. The van der Waals surface area contributed by atoms with Gasteiger partial charge in [-0.25, -0.2) is 4.98 Å². The van der Waals surface area contributed by atoms with Crippen molar-refractivity contribution in [2.24, 2.45) is 5.92 Å². The first-order valence-corrected chi connectivity index (χ1v) is 10.4. The van der Waals surface area contributed by atoms with E-state index in [-0.39, 0.29) is 5.91 Å². The fourth-order valence-corrected chi connectivity index (χ4v) is 5.17. The van der Waals surface area contributed by atoms with Crippen LogP contribution in [0.15, 0.2) is 29.4 Å². The third-order valence-electron chi connectivity index (χ3n) is 5.75. The van der Waals surface area contributed by atoms with E-state index in [1.165, 1.54) is 6.42 Å². The molecule has 4 saturated heterocycles. The maximum absolute atomic E-state index is 12.8. The first-order chi connectivity index (χ1) is 12.3. The molecule has 0 unspecified atom stereocenters. The Kier molecular flexibility index (Phi) is 5.58. The highest BCUT2D eigenvalue weighted by Crippen LogP contribution is 2.31. The van der Waals surface area contributed by atoms with Gasteiger partial charge in [-0.15, -0.1) is 0 Å². The molecule has 5 rings (SSSR count). The number of rotatable bonds is 4. The minimum atomic E-state index is 0.277. The van der Waals surface area contributed by atoms with Gasteiger partial charge in [-0.3, -0.25) is 9.69 Å². The van der Waals surface area contributed by atoms with E-state index < -0.39 is 0 Å². The minimum absolute atomic E-state index is 0.277. The molecule has 0 radical (unpaired) electrons. The number of amides is 1. The highest BCUT2D eigenvalue weighted by atomic mass is 32.2. The maximum Gasteiger partial charge on any atom is 0.233 e. The van der Waals surface area contributed by atoms with E-state index in [9.17, 15) is 4.79 Å². The van der Waals surface area contributed by atoms with E-state index >= 15 is 0 Å². The minimum Gasteiger partial charge on any atom is -0.381 e. The van der Waals surface area contributed by atoms with Gasteiger partial charge in [0.05, 0.1) is 10.8 Å². The van der Waals surface area contributed by atoms with Crippen LogP contribution in [0.5, 0.6) is 0 Å². The summed E-state index contributed by atoms with van der Waals surface area (Å²) < 4.78 is 5.52. The van der Waals surface area contributed by atoms with Crippen LogP contribution in [0.2, 0.25) is 0 Å². The fraction of sp³-hybridized carbons (Fsp3) is 0.684. The summed E-state index contributed by atoms with van der Waals surface area (Å²) in [6.07, 6.45) is 6.49. The summed E-state index contributed by atoms with van der Waals surface area (Å²) in [5, 5.41) is 0.930. The number of fused-ring (bicyclic) bond motifs is 4. The Morgan fingerprint density at radius 1 is 1.12 bits per heavy atom. The van der Waals surface area contributed by atoms with Gasteiger partial charge in [0, 0.05) is 51.1 Å². The van der Waals surface area contributed by atoms with Crippen molar-refractivity contribution < 1.29 is 9.53 Å². The lowest BCUT2D eigenvalue weighted by atomic mass is 9.95. The summed E-state index contributed by atoms with van der Waals surface area (Å²) >= 11 is 1.55. The maximum atomic E-state index is 12.8. The molecule has 5 nitrogen and oxygen atoms in total. The molecule has 1 amide bonds. The summed E-state index contributed by atoms with van der Waals surface area (Å²) in [4.78, 5) is 22.0. The second-order valence-electron chi connectivity index (χ2n) is 7.40. The highest BCUT2D eigenvalue weighted by molar-refractivity contribution is 7.99. The van der Waals surface area contributed by atoms with E-state index in [1.807, 2.05) is 18.2 Å². The molecule has 4 aliphatic heterocycles. The zero-order chi connectivity index (χ0) is 17.1. The Hall–Kier alpha value is -1.11. The van der Waals surface area contributed by atoms with Crippen molar-refractivity contribution in [2.75, 3.05) is 38.6 Å². The van der Waals surface area contributed by atoms with Crippen LogP contribution in [0.3, 0.4) is 0 Å². The second kappa shape index (κ2) is 8.06. The van der Waals surface area contributed by atoms with Crippen LogP contribution in [-0.2, 0) is 9.53 Å². The van der Waals surface area contributed by atoms with Crippen LogP contribution in [-0.4, -0.2) is 71.4 Å². The van der Waals surface area contributed by atoms with Crippen LogP contribution in [0.4, 0.5) is 0 Å². The Labute approximate surface area is 154 Å². The number of hydrogen-bond acceptors (Lipinski definition) is 5. The van der Waals surface area contributed by atoms with Gasteiger partial charge >= 0.3 is 0 Å². The number of ether oxygens (including phenoxy) is 1. The molecule has 2 bridgehead atoms. The van der Waals surface area contributed by atoms with Gasteiger partial charge in [-0.2, -0.15) is 0 Å². The SMILES string of the molecule is O=C(CSc1ccccn1)N1C[C@@H]2CC[C@H]1CN(C1CCOCC1)C2. The lowest BCUT2D eigenvalue weighted by molar-refractivity contribution is -0.132. The molecule has 2 atom stereocenters. The van der Waals surface area contributed by atoms with Crippen LogP contribution >= 0.6 is 11.8 Å². The molecular formula is C19H27N3O2S. The predicted octanol–water partition coefficient (Wildman–Crippen LogP) is 2.28. The van der Waals surface area contributed by atoms with E-state index in [4.69, 9.17) is 4.74 Å². The van der Waals surface area contributed by atoms with Gasteiger partial charge in [-0.05, 0) is 43.7 Å². The van der Waals surface area contributed by atoms with Crippen LogP contribution < -0.4 is 0 Å². The summed E-state index contributed by atoms with van der Waals surface area (Å²) in [5.74, 6) is 1.40. The van der Waals surface area contributed by atoms with Crippen molar-refractivity contribution in [3.63, 3.8) is 0 Å². The number of hydrogen-bond donors (Lipinski definition) is 0. The second-order valence-corrected chi connectivity index (χ2v) is 8.39. The Bertz CT molecular complexity index is 579. The Balaban J connectivity index is 1.37. The average molecular weight is 362 g/mol. The number of pyridine rings is 1. The van der Waals surface area contributed by atoms with Crippen LogP contribution in [0.25, 0.3) is 0 Å². The number of carbonyl (C=O) groups excluding carboxylic acids is 1. The van der Waals surface area contributed by atoms with Gasteiger partial charge in [-0.1, -0.05) is 17.8 Å². The number of aromatic nitrogens is 1. The highest BCUT2D eigenvalue weighted by Gasteiger charge is 2.39. The third-order valence-corrected chi connectivity index (χ3v) is 6.68. The topological polar surface area (TPSA) is 45.7 Å². The van der Waals surface area contributed by atoms with E-state index in [1.54, 1.807) is 18.0 Å². The van der Waals surface area contributed by atoms with Crippen LogP contribution in [0, 0.1) is 5.92 Å². The van der Waals surface area contributed by atoms with Gasteiger partial charge in [0.1, 0.15) is 0 Å². The summed E-state index contributed by atoms with van der Waals surface area (Å²) in [5.41, 5.74) is 0. The van der Waals surface area contributed by atoms with Gasteiger partial charge in [0.15, 0.2) is 0 Å². The Morgan fingerprint density at radius 3 is 2.80 bits per heavy atom. The quantitative estimate of drug-likeness (QED) is 0.770. The summed E-state index contributed by atoms with van der Waals surface area (Å²) in [7, 11) is 0. The molecule has 4 fully saturated rings. The molecule has 1 aromatic rings. The molecule has 0 spiro atoms. The molecule has 0 aliphatic carbocycles. The van der Waals surface area contributed by atoms with Crippen molar-refractivity contribution in [3.05, 3.63) is 24.4 Å². The van der Waals surface area contributed by atoms with Crippen molar-refractivity contribution in [2.45, 2.75) is 42.8 Å². The van der Waals surface area contributed by atoms with Crippen LogP contribution in [0.1, 0.15) is 25.7 Å². The number of carbonyl (C=O) groups is 1. The average Bonchev–Trinajstić information content (AvgIpc) is 3.00. The molecule has 6 heteroatoms. The zero-order valence-electron chi connectivity index (χ0n) is 14.7. The predicted molar refractivity (Wildman–Crippen MR) is 98.6 cm³/mol. The lowest BCUT2D eigenvalue weighted by Crippen LogP contribution is -2.49. The molecule has 0 N–H and O–H groups in total. The van der Waals surface area contributed by atoms with Crippen molar-refractivity contribution in [3.8, 4) is 0 Å². The first kappa shape index (κ1) is 17.3. The fourth-order valence-electron chi connectivity index (χ4n) is 4.42. The van der Waals surface area contributed by atoms with Crippen molar-refractivity contribution in [1.29, 1.82) is 0 Å². The van der Waals surface area contributed by atoms with Gasteiger partial charge in [0.2, 0.25) is 5.91 Å². The van der Waals surface area contributed by atoms with E-state index in [2.05, 4.69) is 14.8 Å². The Morgan fingerprint density at radius 2 is 2.00 bits per heavy atom. The van der Waals surface area contributed by atoms with E-state index in [0.29, 0.717) is 23.8 Å². The largest absolute Gasteiger partial charge is 0.381 e. The van der Waals surface area contributed by atoms with Crippen molar-refractivity contribution >= 4 is 17.7 Å². The molecular weight excluding hydrogens is 334 g/mol. The normalized spacial score (nSPS) is 28.1. The summed E-state index contributed by atoms with van der Waals surface area (Å²) in [6, 6.07) is 6.89.